The number of amides is 1. The average molecular weight is 272 g/mol. The molecule has 2 rings (SSSR count). The summed E-state index contributed by atoms with van der Waals surface area (Å²) in [4.78, 5) is 13.9. The van der Waals surface area contributed by atoms with E-state index in [2.05, 4.69) is 5.32 Å². The van der Waals surface area contributed by atoms with Crippen molar-refractivity contribution in [3.63, 3.8) is 0 Å². The molecule has 2 aliphatic heterocycles. The molecule has 6 heteroatoms. The van der Waals surface area contributed by atoms with Crippen LogP contribution in [0.25, 0.3) is 0 Å². The van der Waals surface area contributed by atoms with E-state index in [1.165, 1.54) is 0 Å². The van der Waals surface area contributed by atoms with E-state index in [9.17, 15) is 9.90 Å². The summed E-state index contributed by atoms with van der Waals surface area (Å²) in [7, 11) is 0. The smallest absolute Gasteiger partial charge is 0.410 e. The first-order valence-corrected chi connectivity index (χ1v) is 6.80. The third-order valence-electron chi connectivity index (χ3n) is 3.38. The SMILES string of the molecule is CC(C)(C)OC(=O)N1CCOCC1CC1(O)CNC1. The molecule has 0 spiro atoms. The minimum Gasteiger partial charge on any atom is -0.444 e. The van der Waals surface area contributed by atoms with E-state index in [-0.39, 0.29) is 12.1 Å². The molecule has 19 heavy (non-hydrogen) atoms. The Morgan fingerprint density at radius 1 is 1.53 bits per heavy atom. The predicted molar refractivity (Wildman–Crippen MR) is 70.0 cm³/mol. The van der Waals surface area contributed by atoms with Gasteiger partial charge in [0, 0.05) is 26.1 Å². The fraction of sp³-hybridized carbons (Fsp3) is 0.923. The molecule has 0 aliphatic carbocycles. The molecule has 0 bridgehead atoms. The van der Waals surface area contributed by atoms with Crippen molar-refractivity contribution in [2.45, 2.75) is 44.4 Å². The molecular weight excluding hydrogens is 248 g/mol. The number of nitrogens with zero attached hydrogens (tertiary/aromatic N) is 1. The minimum atomic E-state index is -0.717. The number of aliphatic hydroxyl groups is 1. The molecule has 2 N–H and O–H groups in total. The molecule has 1 unspecified atom stereocenters. The van der Waals surface area contributed by atoms with Crippen LogP contribution in [0.1, 0.15) is 27.2 Å². The minimum absolute atomic E-state index is 0.115. The van der Waals surface area contributed by atoms with Crippen molar-refractivity contribution >= 4 is 6.09 Å². The molecule has 0 aromatic heterocycles. The van der Waals surface area contributed by atoms with Gasteiger partial charge in [-0.15, -0.1) is 0 Å². The lowest BCUT2D eigenvalue weighted by atomic mass is 9.88. The molecule has 110 valence electrons. The summed E-state index contributed by atoms with van der Waals surface area (Å²) >= 11 is 0. The van der Waals surface area contributed by atoms with Gasteiger partial charge < -0.3 is 24.8 Å². The molecule has 2 fully saturated rings. The first-order chi connectivity index (χ1) is 8.79. The lowest BCUT2D eigenvalue weighted by Crippen LogP contribution is -2.63. The average Bonchev–Trinajstić information content (AvgIpc) is 2.25. The molecule has 0 aromatic carbocycles. The molecule has 0 aromatic rings. The highest BCUT2D eigenvalue weighted by molar-refractivity contribution is 5.68. The fourth-order valence-electron chi connectivity index (χ4n) is 2.38. The van der Waals surface area contributed by atoms with Crippen molar-refractivity contribution in [1.82, 2.24) is 10.2 Å². The van der Waals surface area contributed by atoms with Crippen molar-refractivity contribution in [2.24, 2.45) is 0 Å². The molecule has 2 heterocycles. The van der Waals surface area contributed by atoms with Gasteiger partial charge in [-0.2, -0.15) is 0 Å². The second-order valence-electron chi connectivity index (χ2n) is 6.43. The number of carbonyl (C=O) groups is 1. The van der Waals surface area contributed by atoms with Crippen LogP contribution in [0.2, 0.25) is 0 Å². The van der Waals surface area contributed by atoms with Crippen molar-refractivity contribution in [3.8, 4) is 0 Å². The Morgan fingerprint density at radius 3 is 2.74 bits per heavy atom. The van der Waals surface area contributed by atoms with Gasteiger partial charge in [-0.25, -0.2) is 4.79 Å². The van der Waals surface area contributed by atoms with Gasteiger partial charge in [0.1, 0.15) is 5.60 Å². The Morgan fingerprint density at radius 2 is 2.21 bits per heavy atom. The number of β-amino-alcohol motifs (C(OH)–C–C–N with tert-alkyl or cyclic N) is 1. The second kappa shape index (κ2) is 5.26. The molecule has 2 aliphatic rings. The Balaban J connectivity index is 1.97. The van der Waals surface area contributed by atoms with Crippen LogP contribution in [-0.4, -0.2) is 66.2 Å². The summed E-state index contributed by atoms with van der Waals surface area (Å²) in [5.41, 5.74) is -1.22. The van der Waals surface area contributed by atoms with Crippen LogP contribution in [0.4, 0.5) is 4.79 Å². The Hall–Kier alpha value is -0.850. The number of hydrogen-bond donors (Lipinski definition) is 2. The van der Waals surface area contributed by atoms with Crippen molar-refractivity contribution in [3.05, 3.63) is 0 Å². The maximum Gasteiger partial charge on any atom is 0.410 e. The monoisotopic (exact) mass is 272 g/mol. The molecule has 6 nitrogen and oxygen atoms in total. The summed E-state index contributed by atoms with van der Waals surface area (Å²) in [6.45, 7) is 8.20. The van der Waals surface area contributed by atoms with E-state index in [0.717, 1.165) is 0 Å². The predicted octanol–water partition coefficient (Wildman–Crippen LogP) is 0.347. The molecule has 0 saturated carbocycles. The largest absolute Gasteiger partial charge is 0.444 e. The van der Waals surface area contributed by atoms with Gasteiger partial charge in [0.25, 0.3) is 0 Å². The number of ether oxygens (including phenoxy) is 2. The first kappa shape index (κ1) is 14.6. The summed E-state index contributed by atoms with van der Waals surface area (Å²) < 4.78 is 10.8. The first-order valence-electron chi connectivity index (χ1n) is 6.80. The van der Waals surface area contributed by atoms with Gasteiger partial charge in [-0.1, -0.05) is 0 Å². The zero-order chi connectivity index (χ0) is 14.1. The van der Waals surface area contributed by atoms with Gasteiger partial charge in [0.15, 0.2) is 0 Å². The van der Waals surface area contributed by atoms with E-state index in [1.807, 2.05) is 20.8 Å². The van der Waals surface area contributed by atoms with Crippen molar-refractivity contribution in [1.29, 1.82) is 0 Å². The number of carbonyl (C=O) groups excluding carboxylic acids is 1. The lowest BCUT2D eigenvalue weighted by Gasteiger charge is -2.44. The van der Waals surface area contributed by atoms with E-state index >= 15 is 0 Å². The van der Waals surface area contributed by atoms with Crippen LogP contribution in [0, 0.1) is 0 Å². The summed E-state index contributed by atoms with van der Waals surface area (Å²) in [6, 6.07) is -0.115. The van der Waals surface area contributed by atoms with Gasteiger partial charge in [0.05, 0.1) is 24.9 Å². The highest BCUT2D eigenvalue weighted by Gasteiger charge is 2.41. The van der Waals surface area contributed by atoms with Crippen LogP contribution in [-0.2, 0) is 9.47 Å². The standard InChI is InChI=1S/C13H24N2O4/c1-12(2,3)19-11(16)15-4-5-18-7-10(15)6-13(17)8-14-9-13/h10,14,17H,4-9H2,1-3H3. The van der Waals surface area contributed by atoms with E-state index in [1.54, 1.807) is 4.90 Å². The molecular formula is C13H24N2O4. The summed E-state index contributed by atoms with van der Waals surface area (Å²) in [5, 5.41) is 13.2. The van der Waals surface area contributed by atoms with Crippen LogP contribution in [0.5, 0.6) is 0 Å². The zero-order valence-electron chi connectivity index (χ0n) is 11.9. The van der Waals surface area contributed by atoms with Gasteiger partial charge in [-0.3, -0.25) is 0 Å². The Labute approximate surface area is 114 Å². The number of rotatable bonds is 2. The van der Waals surface area contributed by atoms with E-state index < -0.39 is 11.2 Å². The van der Waals surface area contributed by atoms with Crippen LogP contribution in [0.3, 0.4) is 0 Å². The second-order valence-corrected chi connectivity index (χ2v) is 6.43. The van der Waals surface area contributed by atoms with Crippen molar-refractivity contribution in [2.75, 3.05) is 32.8 Å². The number of nitrogens with one attached hydrogen (secondary N) is 1. The fourth-order valence-corrected chi connectivity index (χ4v) is 2.38. The Kier molecular flexibility index (Phi) is 4.03. The van der Waals surface area contributed by atoms with Gasteiger partial charge >= 0.3 is 6.09 Å². The molecule has 1 atom stereocenters. The van der Waals surface area contributed by atoms with Crippen LogP contribution < -0.4 is 5.32 Å². The molecule has 0 radical (unpaired) electrons. The molecule has 1 amide bonds. The number of morpholine rings is 1. The highest BCUT2D eigenvalue weighted by atomic mass is 16.6. The van der Waals surface area contributed by atoms with Crippen molar-refractivity contribution < 1.29 is 19.4 Å². The quantitative estimate of drug-likeness (QED) is 0.759. The molecule has 2 saturated heterocycles. The number of hydrogen-bond acceptors (Lipinski definition) is 5. The maximum atomic E-state index is 12.2. The third-order valence-corrected chi connectivity index (χ3v) is 3.38. The van der Waals surface area contributed by atoms with Gasteiger partial charge in [0.2, 0.25) is 0 Å². The topological polar surface area (TPSA) is 71.0 Å². The maximum absolute atomic E-state index is 12.2. The zero-order valence-corrected chi connectivity index (χ0v) is 11.9. The van der Waals surface area contributed by atoms with E-state index in [4.69, 9.17) is 9.47 Å². The normalized spacial score (nSPS) is 26.7. The highest BCUT2D eigenvalue weighted by Crippen LogP contribution is 2.24. The lowest BCUT2D eigenvalue weighted by molar-refractivity contribution is -0.0777. The van der Waals surface area contributed by atoms with Crippen LogP contribution >= 0.6 is 0 Å². The Bertz CT molecular complexity index is 336. The van der Waals surface area contributed by atoms with Gasteiger partial charge in [-0.05, 0) is 20.8 Å². The van der Waals surface area contributed by atoms with Crippen LogP contribution in [0.15, 0.2) is 0 Å². The summed E-state index contributed by atoms with van der Waals surface area (Å²) in [5.74, 6) is 0. The summed E-state index contributed by atoms with van der Waals surface area (Å²) in [6.07, 6.45) is 0.205. The van der Waals surface area contributed by atoms with E-state index in [0.29, 0.717) is 39.3 Å². The third kappa shape index (κ3) is 3.81.